The zero-order chi connectivity index (χ0) is 15.9. The van der Waals surface area contributed by atoms with Crippen molar-refractivity contribution in [2.45, 2.75) is 18.2 Å². The quantitative estimate of drug-likeness (QED) is 0.946. The first-order chi connectivity index (χ1) is 10.4. The minimum Gasteiger partial charge on any atom is -0.374 e. The van der Waals surface area contributed by atoms with Crippen LogP contribution in [0.1, 0.15) is 11.1 Å². The molecule has 4 nitrogen and oxygen atoms in total. The highest BCUT2D eigenvalue weighted by Gasteiger charge is 2.19. The number of rotatable bonds is 3. The Balaban J connectivity index is 1.90. The van der Waals surface area contributed by atoms with Gasteiger partial charge >= 0.3 is 0 Å². The summed E-state index contributed by atoms with van der Waals surface area (Å²) >= 11 is 0. The molecule has 0 bridgehead atoms. The van der Waals surface area contributed by atoms with E-state index < -0.39 is 15.8 Å². The number of anilines is 2. The number of benzene rings is 2. The number of likely N-dealkylation sites (N-methyl/N-ethyl adjacent to an activating group) is 1. The predicted molar refractivity (Wildman–Crippen MR) is 85.4 cm³/mol. The summed E-state index contributed by atoms with van der Waals surface area (Å²) in [6.07, 6.45) is 0.900. The number of nitrogens with zero attached hydrogens (tertiary/aromatic N) is 1. The average Bonchev–Trinajstić information content (AvgIpc) is 2.82. The molecule has 116 valence electrons. The van der Waals surface area contributed by atoms with Crippen molar-refractivity contribution < 1.29 is 12.8 Å². The van der Waals surface area contributed by atoms with Crippen LogP contribution in [0.5, 0.6) is 0 Å². The third-order valence-electron chi connectivity index (χ3n) is 3.90. The molecule has 0 saturated carbocycles. The van der Waals surface area contributed by atoms with Gasteiger partial charge in [0.1, 0.15) is 5.82 Å². The summed E-state index contributed by atoms with van der Waals surface area (Å²) in [7, 11) is -1.70. The van der Waals surface area contributed by atoms with Gasteiger partial charge in [0.25, 0.3) is 10.0 Å². The molecule has 1 heterocycles. The normalized spacial score (nSPS) is 14.0. The van der Waals surface area contributed by atoms with Gasteiger partial charge in [-0.05, 0) is 60.9 Å². The van der Waals surface area contributed by atoms with Crippen LogP contribution in [-0.2, 0) is 16.4 Å². The van der Waals surface area contributed by atoms with Crippen LogP contribution in [0.4, 0.5) is 15.8 Å². The molecule has 1 N–H and O–H groups in total. The third-order valence-corrected chi connectivity index (χ3v) is 5.28. The van der Waals surface area contributed by atoms with E-state index in [-0.39, 0.29) is 4.90 Å². The van der Waals surface area contributed by atoms with Gasteiger partial charge in [0.05, 0.1) is 4.90 Å². The maximum Gasteiger partial charge on any atom is 0.261 e. The third kappa shape index (κ3) is 2.66. The monoisotopic (exact) mass is 320 g/mol. The molecule has 0 unspecified atom stereocenters. The van der Waals surface area contributed by atoms with Crippen LogP contribution in [0.2, 0.25) is 0 Å². The van der Waals surface area contributed by atoms with Crippen LogP contribution < -0.4 is 9.62 Å². The largest absolute Gasteiger partial charge is 0.374 e. The van der Waals surface area contributed by atoms with E-state index in [1.54, 1.807) is 13.0 Å². The van der Waals surface area contributed by atoms with E-state index in [0.717, 1.165) is 24.2 Å². The molecule has 2 aromatic carbocycles. The van der Waals surface area contributed by atoms with Gasteiger partial charge in [-0.25, -0.2) is 12.8 Å². The fourth-order valence-electron chi connectivity index (χ4n) is 2.63. The van der Waals surface area contributed by atoms with Crippen LogP contribution >= 0.6 is 0 Å². The van der Waals surface area contributed by atoms with Crippen molar-refractivity contribution in [3.63, 3.8) is 0 Å². The fourth-order valence-corrected chi connectivity index (χ4v) is 3.76. The summed E-state index contributed by atoms with van der Waals surface area (Å²) in [5.74, 6) is -0.417. The molecule has 6 heteroatoms. The summed E-state index contributed by atoms with van der Waals surface area (Å²) < 4.78 is 40.6. The van der Waals surface area contributed by atoms with Gasteiger partial charge in [0.2, 0.25) is 0 Å². The zero-order valence-electron chi connectivity index (χ0n) is 12.4. The highest BCUT2D eigenvalue weighted by atomic mass is 32.2. The minimum absolute atomic E-state index is 0.0593. The van der Waals surface area contributed by atoms with Crippen LogP contribution in [0.15, 0.2) is 41.3 Å². The number of nitrogens with one attached hydrogen (secondary N) is 1. The van der Waals surface area contributed by atoms with Crippen molar-refractivity contribution >= 4 is 21.4 Å². The lowest BCUT2D eigenvalue weighted by molar-refractivity contribution is 0.598. The standard InChI is InChI=1S/C16H17FN2O2S/c1-11-9-14(4-5-15(11)17)22(20,21)18-13-3-6-16-12(10-13)7-8-19(16)2/h3-6,9-10,18H,7-8H2,1-2H3. The van der Waals surface area contributed by atoms with Gasteiger partial charge in [-0.15, -0.1) is 0 Å². The average molecular weight is 320 g/mol. The van der Waals surface area contributed by atoms with Crippen LogP contribution in [0.25, 0.3) is 0 Å². The number of hydrogen-bond donors (Lipinski definition) is 1. The van der Waals surface area contributed by atoms with Crippen LogP contribution in [0, 0.1) is 12.7 Å². The second-order valence-corrected chi connectivity index (χ2v) is 7.21. The number of aryl methyl sites for hydroxylation is 1. The Bertz CT molecular complexity index is 834. The summed E-state index contributed by atoms with van der Waals surface area (Å²) in [6.45, 7) is 2.47. The molecule has 0 atom stereocenters. The first kappa shape index (κ1) is 14.8. The van der Waals surface area contributed by atoms with E-state index in [9.17, 15) is 12.8 Å². The van der Waals surface area contributed by atoms with E-state index in [4.69, 9.17) is 0 Å². The van der Waals surface area contributed by atoms with Crippen LogP contribution in [0.3, 0.4) is 0 Å². The fraction of sp³-hybridized carbons (Fsp3) is 0.250. The molecule has 0 spiro atoms. The number of sulfonamides is 1. The number of hydrogen-bond acceptors (Lipinski definition) is 3. The van der Waals surface area contributed by atoms with Gasteiger partial charge < -0.3 is 4.90 Å². The van der Waals surface area contributed by atoms with Gasteiger partial charge in [-0.3, -0.25) is 4.72 Å². The van der Waals surface area contributed by atoms with Crippen molar-refractivity contribution in [2.24, 2.45) is 0 Å². The van der Waals surface area contributed by atoms with Crippen LogP contribution in [-0.4, -0.2) is 22.0 Å². The Morgan fingerprint density at radius 1 is 1.18 bits per heavy atom. The van der Waals surface area contributed by atoms with Gasteiger partial charge in [0.15, 0.2) is 0 Å². The maximum atomic E-state index is 13.3. The summed E-state index contributed by atoms with van der Waals surface area (Å²) in [4.78, 5) is 2.20. The molecule has 0 fully saturated rings. The summed E-state index contributed by atoms with van der Waals surface area (Å²) in [5.41, 5.74) is 3.08. The first-order valence-corrected chi connectivity index (χ1v) is 8.48. The highest BCUT2D eigenvalue weighted by molar-refractivity contribution is 7.92. The van der Waals surface area contributed by atoms with Gasteiger partial charge in [-0.1, -0.05) is 0 Å². The summed E-state index contributed by atoms with van der Waals surface area (Å²) in [5, 5.41) is 0. The second-order valence-electron chi connectivity index (χ2n) is 5.53. The first-order valence-electron chi connectivity index (χ1n) is 7.00. The van der Waals surface area contributed by atoms with Crippen molar-refractivity contribution in [1.82, 2.24) is 0 Å². The SMILES string of the molecule is Cc1cc(S(=O)(=O)Nc2ccc3c(c2)CCN3C)ccc1F. The number of fused-ring (bicyclic) bond motifs is 1. The zero-order valence-corrected chi connectivity index (χ0v) is 13.2. The van der Waals surface area contributed by atoms with Crippen molar-refractivity contribution in [3.8, 4) is 0 Å². The molecule has 0 aromatic heterocycles. The van der Waals surface area contributed by atoms with Crippen molar-refractivity contribution in [1.29, 1.82) is 0 Å². The molecule has 1 aliphatic rings. The Hall–Kier alpha value is -2.08. The molecule has 1 aliphatic heterocycles. The van der Waals surface area contributed by atoms with E-state index in [2.05, 4.69) is 9.62 Å². The number of halogens is 1. The van der Waals surface area contributed by atoms with Crippen molar-refractivity contribution in [2.75, 3.05) is 23.2 Å². The molecular formula is C16H17FN2O2S. The molecule has 2 aromatic rings. The Kier molecular flexibility index (Phi) is 3.56. The lowest BCUT2D eigenvalue weighted by atomic mass is 10.1. The highest BCUT2D eigenvalue weighted by Crippen LogP contribution is 2.30. The molecule has 3 rings (SSSR count). The van der Waals surface area contributed by atoms with E-state index in [1.165, 1.54) is 18.2 Å². The van der Waals surface area contributed by atoms with E-state index >= 15 is 0 Å². The second kappa shape index (κ2) is 5.28. The summed E-state index contributed by atoms with van der Waals surface area (Å²) in [6, 6.07) is 9.28. The van der Waals surface area contributed by atoms with Gasteiger partial charge in [0, 0.05) is 25.0 Å². The van der Waals surface area contributed by atoms with Gasteiger partial charge in [-0.2, -0.15) is 0 Å². The Labute approximate surface area is 129 Å². The molecule has 0 aliphatic carbocycles. The Morgan fingerprint density at radius 3 is 2.68 bits per heavy atom. The predicted octanol–water partition coefficient (Wildman–Crippen LogP) is 2.93. The molecule has 0 saturated heterocycles. The van der Waals surface area contributed by atoms with Crippen molar-refractivity contribution in [3.05, 3.63) is 53.3 Å². The molecule has 0 amide bonds. The maximum absolute atomic E-state index is 13.3. The molecule has 22 heavy (non-hydrogen) atoms. The lowest BCUT2D eigenvalue weighted by Crippen LogP contribution is -2.14. The smallest absolute Gasteiger partial charge is 0.261 e. The minimum atomic E-state index is -3.71. The Morgan fingerprint density at radius 2 is 1.95 bits per heavy atom. The topological polar surface area (TPSA) is 49.4 Å². The lowest BCUT2D eigenvalue weighted by Gasteiger charge is -2.13. The molecular weight excluding hydrogens is 303 g/mol. The van der Waals surface area contributed by atoms with E-state index in [0.29, 0.717) is 11.3 Å². The molecule has 0 radical (unpaired) electrons. The van der Waals surface area contributed by atoms with E-state index in [1.807, 2.05) is 19.2 Å².